The molecule has 0 radical (unpaired) electrons. The van der Waals surface area contributed by atoms with Gasteiger partial charge in [-0.25, -0.2) is 0 Å². The normalized spacial score (nSPS) is 12.4. The van der Waals surface area contributed by atoms with E-state index in [1.807, 2.05) is 0 Å². The molecule has 1 aromatic carbocycles. The molecule has 1 aromatic rings. The van der Waals surface area contributed by atoms with E-state index in [0.717, 1.165) is 6.42 Å². The van der Waals surface area contributed by atoms with Crippen LogP contribution in [0.5, 0.6) is 11.5 Å². The van der Waals surface area contributed by atoms with Gasteiger partial charge in [0, 0.05) is 18.2 Å². The van der Waals surface area contributed by atoms with Gasteiger partial charge in [0.1, 0.15) is 0 Å². The summed E-state index contributed by atoms with van der Waals surface area (Å²) in [5.74, 6) is -0.392. The van der Waals surface area contributed by atoms with Gasteiger partial charge >= 0.3 is 0 Å². The van der Waals surface area contributed by atoms with E-state index in [1.165, 1.54) is 18.2 Å². The van der Waals surface area contributed by atoms with E-state index in [0.29, 0.717) is 18.0 Å². The number of nitrogens with two attached hydrogens (primary N) is 1. The molecule has 1 unspecified atom stereocenters. The number of phenols is 2. The summed E-state index contributed by atoms with van der Waals surface area (Å²) in [5, 5.41) is 21.1. The van der Waals surface area contributed by atoms with Gasteiger partial charge in [-0.2, -0.15) is 0 Å². The third-order valence-electron chi connectivity index (χ3n) is 2.54. The van der Waals surface area contributed by atoms with Gasteiger partial charge in [-0.05, 0) is 30.5 Å². The fraction of sp³-hybridized carbons (Fsp3) is 0.462. The molecule has 0 aliphatic carbocycles. The van der Waals surface area contributed by atoms with E-state index < -0.39 is 0 Å². The van der Waals surface area contributed by atoms with Crippen molar-refractivity contribution in [1.29, 1.82) is 0 Å². The number of hydrogen-bond donors (Lipinski definition) is 4. The molecular formula is C13H20N2O3. The first kappa shape index (κ1) is 14.3. The predicted octanol–water partition coefficient (Wildman–Crippen LogP) is 1.20. The maximum Gasteiger partial charge on any atom is 0.251 e. The summed E-state index contributed by atoms with van der Waals surface area (Å²) in [6.07, 6.45) is 0.834. The van der Waals surface area contributed by atoms with Crippen LogP contribution in [0.3, 0.4) is 0 Å². The van der Waals surface area contributed by atoms with Crippen LogP contribution in [0.2, 0.25) is 0 Å². The Morgan fingerprint density at radius 3 is 2.56 bits per heavy atom. The minimum absolute atomic E-state index is 0.0836. The molecule has 1 rings (SSSR count). The van der Waals surface area contributed by atoms with Crippen LogP contribution in [0.15, 0.2) is 18.2 Å². The van der Waals surface area contributed by atoms with Gasteiger partial charge in [-0.15, -0.1) is 0 Å². The SMILES string of the molecule is CC(C)CC(N)CNC(=O)c1ccc(O)c(O)c1. The smallest absolute Gasteiger partial charge is 0.251 e. The molecule has 5 nitrogen and oxygen atoms in total. The van der Waals surface area contributed by atoms with E-state index in [2.05, 4.69) is 19.2 Å². The van der Waals surface area contributed by atoms with Crippen LogP contribution in [0, 0.1) is 5.92 Å². The van der Waals surface area contributed by atoms with Crippen molar-refractivity contribution < 1.29 is 15.0 Å². The average molecular weight is 252 g/mol. The molecule has 0 saturated carbocycles. The first-order valence-corrected chi connectivity index (χ1v) is 5.96. The van der Waals surface area contributed by atoms with Crippen molar-refractivity contribution in [3.05, 3.63) is 23.8 Å². The molecule has 0 aliphatic rings. The fourth-order valence-corrected chi connectivity index (χ4v) is 1.68. The molecule has 0 heterocycles. The van der Waals surface area contributed by atoms with Crippen molar-refractivity contribution in [3.63, 3.8) is 0 Å². The van der Waals surface area contributed by atoms with Gasteiger partial charge in [0.05, 0.1) is 0 Å². The number of carbonyl (C=O) groups excluding carboxylic acids is 1. The summed E-state index contributed by atoms with van der Waals surface area (Å²) >= 11 is 0. The van der Waals surface area contributed by atoms with Crippen LogP contribution in [0.4, 0.5) is 0 Å². The number of hydrogen-bond acceptors (Lipinski definition) is 4. The van der Waals surface area contributed by atoms with Gasteiger partial charge < -0.3 is 21.3 Å². The van der Waals surface area contributed by atoms with Crippen LogP contribution < -0.4 is 11.1 Å². The van der Waals surface area contributed by atoms with Crippen molar-refractivity contribution in [3.8, 4) is 11.5 Å². The van der Waals surface area contributed by atoms with Crippen molar-refractivity contribution in [2.45, 2.75) is 26.3 Å². The molecule has 18 heavy (non-hydrogen) atoms. The first-order chi connectivity index (χ1) is 8.40. The highest BCUT2D eigenvalue weighted by atomic mass is 16.3. The van der Waals surface area contributed by atoms with Gasteiger partial charge in [0.25, 0.3) is 5.91 Å². The zero-order chi connectivity index (χ0) is 13.7. The van der Waals surface area contributed by atoms with E-state index >= 15 is 0 Å². The Morgan fingerprint density at radius 2 is 2.00 bits per heavy atom. The van der Waals surface area contributed by atoms with Gasteiger partial charge in [0.2, 0.25) is 0 Å². The van der Waals surface area contributed by atoms with E-state index in [4.69, 9.17) is 10.8 Å². The Kier molecular flexibility index (Phi) is 4.97. The van der Waals surface area contributed by atoms with E-state index in [9.17, 15) is 9.90 Å². The molecule has 0 bridgehead atoms. The van der Waals surface area contributed by atoms with Crippen LogP contribution in [-0.4, -0.2) is 28.7 Å². The molecule has 5 heteroatoms. The highest BCUT2D eigenvalue weighted by Gasteiger charge is 2.11. The van der Waals surface area contributed by atoms with Crippen molar-refractivity contribution in [1.82, 2.24) is 5.32 Å². The third kappa shape index (κ3) is 4.25. The number of phenolic OH excluding ortho intramolecular Hbond substituents is 2. The summed E-state index contributed by atoms with van der Waals surface area (Å²) < 4.78 is 0. The van der Waals surface area contributed by atoms with Crippen LogP contribution >= 0.6 is 0 Å². The number of carbonyl (C=O) groups is 1. The standard InChI is InChI=1S/C13H20N2O3/c1-8(2)5-10(14)7-15-13(18)9-3-4-11(16)12(17)6-9/h3-4,6,8,10,16-17H,5,7,14H2,1-2H3,(H,15,18). The Labute approximate surface area is 107 Å². The lowest BCUT2D eigenvalue weighted by Crippen LogP contribution is -2.37. The van der Waals surface area contributed by atoms with E-state index in [1.54, 1.807) is 0 Å². The second-order valence-corrected chi connectivity index (χ2v) is 4.80. The molecule has 1 atom stereocenters. The van der Waals surface area contributed by atoms with Crippen LogP contribution in [-0.2, 0) is 0 Å². The fourth-order valence-electron chi connectivity index (χ4n) is 1.68. The first-order valence-electron chi connectivity index (χ1n) is 5.96. The molecule has 100 valence electrons. The lowest BCUT2D eigenvalue weighted by Gasteiger charge is -2.14. The molecule has 0 saturated heterocycles. The van der Waals surface area contributed by atoms with Crippen LogP contribution in [0.25, 0.3) is 0 Å². The summed E-state index contributed by atoms with van der Waals surface area (Å²) in [5.41, 5.74) is 6.14. The monoisotopic (exact) mass is 252 g/mol. The third-order valence-corrected chi connectivity index (χ3v) is 2.54. The molecule has 0 aromatic heterocycles. The maximum absolute atomic E-state index is 11.7. The number of nitrogens with one attached hydrogen (secondary N) is 1. The minimum Gasteiger partial charge on any atom is -0.504 e. The quantitative estimate of drug-likeness (QED) is 0.592. The largest absolute Gasteiger partial charge is 0.504 e. The zero-order valence-corrected chi connectivity index (χ0v) is 10.7. The van der Waals surface area contributed by atoms with E-state index in [-0.39, 0.29) is 23.4 Å². The Hall–Kier alpha value is -1.75. The predicted molar refractivity (Wildman–Crippen MR) is 69.5 cm³/mol. The summed E-state index contributed by atoms with van der Waals surface area (Å²) in [6.45, 7) is 4.53. The zero-order valence-electron chi connectivity index (χ0n) is 10.7. The number of amides is 1. The number of benzene rings is 1. The summed E-state index contributed by atoms with van der Waals surface area (Å²) in [7, 11) is 0. The second kappa shape index (κ2) is 6.26. The van der Waals surface area contributed by atoms with Crippen LogP contribution in [0.1, 0.15) is 30.6 Å². The Morgan fingerprint density at radius 1 is 1.33 bits per heavy atom. The highest BCUT2D eigenvalue weighted by Crippen LogP contribution is 2.24. The summed E-state index contributed by atoms with van der Waals surface area (Å²) in [4.78, 5) is 11.7. The van der Waals surface area contributed by atoms with Crippen molar-refractivity contribution in [2.24, 2.45) is 11.7 Å². The van der Waals surface area contributed by atoms with Crippen molar-refractivity contribution in [2.75, 3.05) is 6.54 Å². The highest BCUT2D eigenvalue weighted by molar-refractivity contribution is 5.94. The molecule has 0 spiro atoms. The number of rotatable bonds is 5. The van der Waals surface area contributed by atoms with Crippen molar-refractivity contribution >= 4 is 5.91 Å². The molecule has 5 N–H and O–H groups in total. The minimum atomic E-state index is -0.315. The topological polar surface area (TPSA) is 95.6 Å². The molecule has 0 aliphatic heterocycles. The summed E-state index contributed by atoms with van der Waals surface area (Å²) in [6, 6.07) is 3.86. The number of aromatic hydroxyl groups is 2. The maximum atomic E-state index is 11.7. The van der Waals surface area contributed by atoms with Gasteiger partial charge in [0.15, 0.2) is 11.5 Å². The Balaban J connectivity index is 2.52. The molecule has 1 amide bonds. The van der Waals surface area contributed by atoms with Gasteiger partial charge in [-0.3, -0.25) is 4.79 Å². The molecular weight excluding hydrogens is 232 g/mol. The lowest BCUT2D eigenvalue weighted by atomic mass is 10.0. The average Bonchev–Trinajstić information content (AvgIpc) is 2.28. The Bertz CT molecular complexity index is 419. The molecule has 0 fully saturated rings. The second-order valence-electron chi connectivity index (χ2n) is 4.80. The van der Waals surface area contributed by atoms with Gasteiger partial charge in [-0.1, -0.05) is 13.8 Å². The lowest BCUT2D eigenvalue weighted by molar-refractivity contribution is 0.0949.